The molecular weight excluding hydrogens is 98.1 g/mol. The highest BCUT2D eigenvalue weighted by molar-refractivity contribution is 6.06. The first-order valence-electron chi connectivity index (χ1n) is 2.82. The molecule has 0 radical (unpaired) electrons. The van der Waals surface area contributed by atoms with Gasteiger partial charge in [-0.2, -0.15) is 0 Å². The van der Waals surface area contributed by atoms with Gasteiger partial charge in [0.1, 0.15) is 0 Å². The lowest BCUT2D eigenvalue weighted by Crippen LogP contribution is -1.83. The molecule has 0 bridgehead atoms. The molecule has 0 saturated carbocycles. The molecule has 1 aliphatic carbocycles. The molecule has 0 N–H and O–H groups in total. The van der Waals surface area contributed by atoms with E-state index >= 15 is 0 Å². The third-order valence-electron chi connectivity index (χ3n) is 0.986. The summed E-state index contributed by atoms with van der Waals surface area (Å²) in [5.74, 6) is 0. The molecule has 0 unspecified atom stereocenters. The van der Waals surface area contributed by atoms with Gasteiger partial charge in [-0.15, -0.1) is 0 Å². The Labute approximate surface area is 49.4 Å². The Morgan fingerprint density at radius 1 is 1.38 bits per heavy atom. The monoisotopic (exact) mass is 107 g/mol. The molecule has 0 atom stereocenters. The van der Waals surface area contributed by atoms with E-state index in [2.05, 4.69) is 4.99 Å². The van der Waals surface area contributed by atoms with Crippen molar-refractivity contribution in [3.8, 4) is 0 Å². The third kappa shape index (κ3) is 1.06. The number of aliphatic imine (C=N–C) groups is 1. The van der Waals surface area contributed by atoms with Crippen LogP contribution in [0.3, 0.4) is 0 Å². The van der Waals surface area contributed by atoms with Crippen LogP contribution in [0, 0.1) is 0 Å². The maximum atomic E-state index is 4.17. The van der Waals surface area contributed by atoms with Crippen LogP contribution in [-0.2, 0) is 0 Å². The Hall–Kier alpha value is -0.850. The first kappa shape index (κ1) is 5.29. The number of hydrogen-bond donors (Lipinski definition) is 0. The van der Waals surface area contributed by atoms with E-state index in [0.717, 1.165) is 12.3 Å². The SMILES string of the molecule is CCN=C1C=CC=C1. The van der Waals surface area contributed by atoms with Crippen LogP contribution in [0.15, 0.2) is 29.3 Å². The zero-order valence-corrected chi connectivity index (χ0v) is 4.96. The van der Waals surface area contributed by atoms with Crippen molar-refractivity contribution < 1.29 is 0 Å². The second-order valence-corrected chi connectivity index (χ2v) is 1.62. The van der Waals surface area contributed by atoms with Crippen LogP contribution < -0.4 is 0 Å². The molecule has 0 fully saturated rings. The number of allylic oxidation sites excluding steroid dienone is 4. The predicted molar refractivity (Wildman–Crippen MR) is 36.3 cm³/mol. The van der Waals surface area contributed by atoms with Gasteiger partial charge in [0.05, 0.1) is 5.71 Å². The van der Waals surface area contributed by atoms with E-state index in [-0.39, 0.29) is 0 Å². The quantitative estimate of drug-likeness (QED) is 0.482. The van der Waals surface area contributed by atoms with E-state index in [1.54, 1.807) is 0 Å². The first-order valence-corrected chi connectivity index (χ1v) is 2.82. The fourth-order valence-electron chi connectivity index (χ4n) is 0.652. The topological polar surface area (TPSA) is 12.4 Å². The van der Waals surface area contributed by atoms with E-state index in [1.165, 1.54) is 0 Å². The van der Waals surface area contributed by atoms with Crippen molar-refractivity contribution in [3.05, 3.63) is 24.3 Å². The number of hydrogen-bond acceptors (Lipinski definition) is 1. The summed E-state index contributed by atoms with van der Waals surface area (Å²) in [6.07, 6.45) is 8.00. The predicted octanol–water partition coefficient (Wildman–Crippen LogP) is 1.57. The van der Waals surface area contributed by atoms with Crippen molar-refractivity contribution in [2.75, 3.05) is 6.54 Å². The molecule has 0 heterocycles. The van der Waals surface area contributed by atoms with Gasteiger partial charge in [0.15, 0.2) is 0 Å². The van der Waals surface area contributed by atoms with Crippen molar-refractivity contribution in [3.63, 3.8) is 0 Å². The Balaban J connectivity index is 2.60. The molecule has 1 aliphatic rings. The third-order valence-corrected chi connectivity index (χ3v) is 0.986. The van der Waals surface area contributed by atoms with Gasteiger partial charge >= 0.3 is 0 Å². The lowest BCUT2D eigenvalue weighted by Gasteiger charge is -1.83. The standard InChI is InChI=1S/C7H9N/c1-2-8-7-5-3-4-6-7/h3-6H,2H2,1H3. The fraction of sp³-hybridized carbons (Fsp3) is 0.286. The van der Waals surface area contributed by atoms with E-state index in [0.29, 0.717) is 0 Å². The highest BCUT2D eigenvalue weighted by Crippen LogP contribution is 1.94. The van der Waals surface area contributed by atoms with Crippen molar-refractivity contribution >= 4 is 5.71 Å². The highest BCUT2D eigenvalue weighted by Gasteiger charge is 1.88. The minimum atomic E-state index is 0.879. The van der Waals surface area contributed by atoms with Crippen LogP contribution in [0.2, 0.25) is 0 Å². The number of nitrogens with zero attached hydrogens (tertiary/aromatic N) is 1. The second-order valence-electron chi connectivity index (χ2n) is 1.62. The number of rotatable bonds is 1. The van der Waals surface area contributed by atoms with Crippen molar-refractivity contribution in [1.82, 2.24) is 0 Å². The minimum absolute atomic E-state index is 0.879. The Morgan fingerprint density at radius 3 is 2.50 bits per heavy atom. The molecule has 0 aromatic rings. The van der Waals surface area contributed by atoms with Gasteiger partial charge in [-0.1, -0.05) is 12.2 Å². The van der Waals surface area contributed by atoms with Gasteiger partial charge < -0.3 is 0 Å². The maximum absolute atomic E-state index is 4.17. The first-order chi connectivity index (χ1) is 3.93. The van der Waals surface area contributed by atoms with Crippen LogP contribution in [0.4, 0.5) is 0 Å². The van der Waals surface area contributed by atoms with E-state index in [4.69, 9.17) is 0 Å². The average Bonchev–Trinajstić information content (AvgIpc) is 2.19. The summed E-state index contributed by atoms with van der Waals surface area (Å²) < 4.78 is 0. The van der Waals surface area contributed by atoms with Gasteiger partial charge in [-0.25, -0.2) is 0 Å². The van der Waals surface area contributed by atoms with Crippen molar-refractivity contribution in [2.24, 2.45) is 4.99 Å². The minimum Gasteiger partial charge on any atom is -0.286 e. The fourth-order valence-corrected chi connectivity index (χ4v) is 0.652. The normalized spacial score (nSPS) is 15.4. The van der Waals surface area contributed by atoms with Gasteiger partial charge in [0.25, 0.3) is 0 Å². The molecule has 1 heteroatoms. The molecular formula is C7H9N. The van der Waals surface area contributed by atoms with Crippen LogP contribution in [0.25, 0.3) is 0 Å². The van der Waals surface area contributed by atoms with Crippen LogP contribution >= 0.6 is 0 Å². The van der Waals surface area contributed by atoms with Gasteiger partial charge in [-0.05, 0) is 19.1 Å². The maximum Gasteiger partial charge on any atom is 0.0574 e. The van der Waals surface area contributed by atoms with Crippen molar-refractivity contribution in [1.29, 1.82) is 0 Å². The molecule has 1 nitrogen and oxygen atoms in total. The molecule has 8 heavy (non-hydrogen) atoms. The van der Waals surface area contributed by atoms with Crippen LogP contribution in [0.1, 0.15) is 6.92 Å². The highest BCUT2D eigenvalue weighted by atomic mass is 14.7. The molecule has 1 rings (SSSR count). The molecule has 0 aliphatic heterocycles. The van der Waals surface area contributed by atoms with E-state index in [9.17, 15) is 0 Å². The smallest absolute Gasteiger partial charge is 0.0574 e. The Morgan fingerprint density at radius 2 is 2.00 bits per heavy atom. The zero-order chi connectivity index (χ0) is 5.82. The summed E-state index contributed by atoms with van der Waals surface area (Å²) in [4.78, 5) is 4.17. The lowest BCUT2D eigenvalue weighted by atomic mass is 10.4. The summed E-state index contributed by atoms with van der Waals surface area (Å²) in [6, 6.07) is 0. The van der Waals surface area contributed by atoms with E-state index < -0.39 is 0 Å². The van der Waals surface area contributed by atoms with Gasteiger partial charge in [0, 0.05) is 6.54 Å². The summed E-state index contributed by atoms with van der Waals surface area (Å²) in [5.41, 5.74) is 1.09. The summed E-state index contributed by atoms with van der Waals surface area (Å²) in [7, 11) is 0. The van der Waals surface area contributed by atoms with Crippen LogP contribution in [-0.4, -0.2) is 12.3 Å². The molecule has 0 amide bonds. The van der Waals surface area contributed by atoms with Crippen LogP contribution in [0.5, 0.6) is 0 Å². The molecule has 42 valence electrons. The lowest BCUT2D eigenvalue weighted by molar-refractivity contribution is 1.13. The molecule has 0 aromatic heterocycles. The van der Waals surface area contributed by atoms with Gasteiger partial charge in [0.2, 0.25) is 0 Å². The summed E-state index contributed by atoms with van der Waals surface area (Å²) in [6.45, 7) is 2.91. The van der Waals surface area contributed by atoms with Crippen molar-refractivity contribution in [2.45, 2.75) is 6.92 Å². The second kappa shape index (κ2) is 2.46. The summed E-state index contributed by atoms with van der Waals surface area (Å²) in [5, 5.41) is 0. The molecule has 0 spiro atoms. The Bertz CT molecular complexity index is 138. The largest absolute Gasteiger partial charge is 0.286 e. The molecule has 0 saturated heterocycles. The van der Waals surface area contributed by atoms with E-state index in [1.807, 2.05) is 31.2 Å². The summed E-state index contributed by atoms with van der Waals surface area (Å²) >= 11 is 0. The zero-order valence-electron chi connectivity index (χ0n) is 4.96. The molecule has 0 aromatic carbocycles. The average molecular weight is 107 g/mol. The van der Waals surface area contributed by atoms with Gasteiger partial charge in [-0.3, -0.25) is 4.99 Å². The Kier molecular flexibility index (Phi) is 1.62.